The van der Waals surface area contributed by atoms with Gasteiger partial charge in [0, 0.05) is 18.7 Å². The van der Waals surface area contributed by atoms with E-state index in [1.165, 1.54) is 5.56 Å². The lowest BCUT2D eigenvalue weighted by Gasteiger charge is -2.32. The number of likely N-dealkylation sites (tertiary alicyclic amines) is 1. The van der Waals surface area contributed by atoms with Crippen molar-refractivity contribution in [2.45, 2.75) is 25.0 Å². The van der Waals surface area contributed by atoms with E-state index >= 15 is 0 Å². The van der Waals surface area contributed by atoms with Crippen LogP contribution in [-0.4, -0.2) is 48.2 Å². The van der Waals surface area contributed by atoms with Crippen LogP contribution in [0.25, 0.3) is 11.4 Å². The Morgan fingerprint density at radius 3 is 2.32 bits per heavy atom. The molecular formula is C23H25N3O4S. The zero-order valence-corrected chi connectivity index (χ0v) is 18.0. The number of amides is 1. The molecular weight excluding hydrogens is 414 g/mol. The number of benzene rings is 2. The van der Waals surface area contributed by atoms with Gasteiger partial charge in [-0.1, -0.05) is 65.8 Å². The molecule has 0 unspecified atom stereocenters. The quantitative estimate of drug-likeness (QED) is 0.561. The van der Waals surface area contributed by atoms with Crippen LogP contribution in [-0.2, 0) is 26.8 Å². The molecule has 31 heavy (non-hydrogen) atoms. The van der Waals surface area contributed by atoms with Gasteiger partial charge in [-0.2, -0.15) is 4.98 Å². The number of rotatable bonds is 7. The molecule has 2 aromatic carbocycles. The fraction of sp³-hybridized carbons (Fsp3) is 0.348. The molecule has 1 aliphatic rings. The molecule has 1 fully saturated rings. The summed E-state index contributed by atoms with van der Waals surface area (Å²) in [4.78, 5) is 18.4. The Bertz CT molecular complexity index is 1110. The summed E-state index contributed by atoms with van der Waals surface area (Å²) in [6.45, 7) is 1.18. The maximum Gasteiger partial charge on any atom is 0.242 e. The third kappa shape index (κ3) is 5.79. The van der Waals surface area contributed by atoms with Gasteiger partial charge in [-0.25, -0.2) is 8.42 Å². The van der Waals surface area contributed by atoms with Gasteiger partial charge in [-0.15, -0.1) is 0 Å². The van der Waals surface area contributed by atoms with Crippen LogP contribution in [0.5, 0.6) is 0 Å². The molecule has 1 aromatic heterocycles. The summed E-state index contributed by atoms with van der Waals surface area (Å²) in [6.07, 6.45) is 2.75. The van der Waals surface area contributed by atoms with Crippen LogP contribution in [0.1, 0.15) is 24.3 Å². The van der Waals surface area contributed by atoms with E-state index < -0.39 is 21.3 Å². The van der Waals surface area contributed by atoms with Crippen molar-refractivity contribution in [1.29, 1.82) is 0 Å². The van der Waals surface area contributed by atoms with Crippen LogP contribution < -0.4 is 0 Å². The minimum Gasteiger partial charge on any atom is -0.342 e. The minimum atomic E-state index is -3.70. The molecule has 1 aliphatic heterocycles. The van der Waals surface area contributed by atoms with Crippen LogP contribution in [0.2, 0.25) is 0 Å². The number of hydrogen-bond donors (Lipinski definition) is 0. The van der Waals surface area contributed by atoms with E-state index in [1.807, 2.05) is 48.5 Å². The molecule has 7 nitrogen and oxygen atoms in total. The number of aromatic nitrogens is 2. The Labute approximate surface area is 182 Å². The molecule has 2 heterocycles. The Balaban J connectivity index is 1.29. The first-order valence-electron chi connectivity index (χ1n) is 10.4. The summed E-state index contributed by atoms with van der Waals surface area (Å²) >= 11 is 0. The van der Waals surface area contributed by atoms with Crippen molar-refractivity contribution in [3.8, 4) is 11.4 Å². The topological polar surface area (TPSA) is 93.4 Å². The van der Waals surface area contributed by atoms with Gasteiger partial charge < -0.3 is 9.42 Å². The molecule has 3 aromatic rings. The summed E-state index contributed by atoms with van der Waals surface area (Å²) in [6, 6.07) is 19.5. The number of nitrogens with zero attached hydrogens (tertiary/aromatic N) is 3. The number of hydrogen-bond acceptors (Lipinski definition) is 6. The van der Waals surface area contributed by atoms with Gasteiger partial charge in [-0.05, 0) is 30.7 Å². The fourth-order valence-corrected chi connectivity index (χ4v) is 5.02. The van der Waals surface area contributed by atoms with Gasteiger partial charge in [0.05, 0.1) is 0 Å². The Kier molecular flexibility index (Phi) is 6.46. The van der Waals surface area contributed by atoms with Crippen molar-refractivity contribution in [2.75, 3.05) is 18.8 Å². The van der Waals surface area contributed by atoms with E-state index in [9.17, 15) is 13.2 Å². The lowest BCUT2D eigenvalue weighted by Crippen LogP contribution is -2.41. The third-order valence-electron chi connectivity index (χ3n) is 5.52. The van der Waals surface area contributed by atoms with Gasteiger partial charge >= 0.3 is 0 Å². The van der Waals surface area contributed by atoms with E-state index in [0.717, 1.165) is 24.8 Å². The maximum absolute atomic E-state index is 12.6. The van der Waals surface area contributed by atoms with Crippen LogP contribution in [0.15, 0.2) is 65.2 Å². The molecule has 0 aliphatic carbocycles. The normalized spacial score (nSPS) is 15.2. The molecule has 1 saturated heterocycles. The molecule has 8 heteroatoms. The molecule has 0 spiro atoms. The Morgan fingerprint density at radius 1 is 1.00 bits per heavy atom. The van der Waals surface area contributed by atoms with E-state index in [1.54, 1.807) is 4.90 Å². The molecule has 162 valence electrons. The van der Waals surface area contributed by atoms with Crippen LogP contribution in [0.3, 0.4) is 0 Å². The first-order chi connectivity index (χ1) is 15.0. The number of piperidine rings is 1. The van der Waals surface area contributed by atoms with Crippen molar-refractivity contribution in [1.82, 2.24) is 15.0 Å². The first kappa shape index (κ1) is 21.2. The second-order valence-corrected chi connectivity index (χ2v) is 9.99. The predicted octanol–water partition coefficient (Wildman–Crippen LogP) is 3.13. The highest BCUT2D eigenvalue weighted by molar-refractivity contribution is 7.91. The summed E-state index contributed by atoms with van der Waals surface area (Å²) in [7, 11) is -3.70. The SMILES string of the molecule is O=C(CS(=O)(=O)Cc1nc(-c2ccccc2)no1)N1CCC(Cc2ccccc2)CC1. The molecule has 0 N–H and O–H groups in total. The molecule has 1 amide bonds. The molecule has 0 atom stereocenters. The minimum absolute atomic E-state index is 0.00628. The van der Waals surface area contributed by atoms with Crippen molar-refractivity contribution < 1.29 is 17.7 Å². The fourth-order valence-electron chi connectivity index (χ4n) is 3.87. The van der Waals surface area contributed by atoms with E-state index in [0.29, 0.717) is 24.8 Å². The smallest absolute Gasteiger partial charge is 0.242 e. The third-order valence-corrected chi connectivity index (χ3v) is 6.89. The molecule has 0 bridgehead atoms. The summed E-state index contributed by atoms with van der Waals surface area (Å²) in [5.74, 6) is -0.507. The van der Waals surface area contributed by atoms with Crippen molar-refractivity contribution in [2.24, 2.45) is 5.92 Å². The van der Waals surface area contributed by atoms with Crippen molar-refractivity contribution in [3.05, 3.63) is 72.1 Å². The highest BCUT2D eigenvalue weighted by atomic mass is 32.2. The lowest BCUT2D eigenvalue weighted by molar-refractivity contribution is -0.129. The van der Waals surface area contributed by atoms with Gasteiger partial charge in [0.15, 0.2) is 9.84 Å². The summed E-state index contributed by atoms with van der Waals surface area (Å²) in [5, 5.41) is 3.84. The average Bonchev–Trinajstić information content (AvgIpc) is 3.23. The number of carbonyl (C=O) groups excluding carboxylic acids is 1. The zero-order chi connectivity index (χ0) is 21.7. The lowest BCUT2D eigenvalue weighted by atomic mass is 9.90. The van der Waals surface area contributed by atoms with Crippen LogP contribution >= 0.6 is 0 Å². The Morgan fingerprint density at radius 2 is 1.65 bits per heavy atom. The maximum atomic E-state index is 12.6. The Hall–Kier alpha value is -3.00. The van der Waals surface area contributed by atoms with Gasteiger partial charge in [0.2, 0.25) is 17.6 Å². The van der Waals surface area contributed by atoms with Crippen LogP contribution in [0, 0.1) is 5.92 Å². The van der Waals surface area contributed by atoms with E-state index in [4.69, 9.17) is 4.52 Å². The van der Waals surface area contributed by atoms with Gasteiger partial charge in [0.1, 0.15) is 11.5 Å². The second-order valence-electron chi connectivity index (χ2n) is 7.92. The summed E-state index contributed by atoms with van der Waals surface area (Å²) < 4.78 is 30.1. The van der Waals surface area contributed by atoms with Gasteiger partial charge in [-0.3, -0.25) is 4.79 Å². The van der Waals surface area contributed by atoms with Gasteiger partial charge in [0.25, 0.3) is 0 Å². The van der Waals surface area contributed by atoms with Crippen molar-refractivity contribution >= 4 is 15.7 Å². The molecule has 0 saturated carbocycles. The predicted molar refractivity (Wildman–Crippen MR) is 117 cm³/mol. The number of carbonyl (C=O) groups is 1. The zero-order valence-electron chi connectivity index (χ0n) is 17.2. The number of sulfone groups is 1. The largest absolute Gasteiger partial charge is 0.342 e. The first-order valence-corrected chi connectivity index (χ1v) is 12.2. The van der Waals surface area contributed by atoms with E-state index in [-0.39, 0.29) is 11.8 Å². The average molecular weight is 440 g/mol. The highest BCUT2D eigenvalue weighted by Gasteiger charge is 2.28. The summed E-state index contributed by atoms with van der Waals surface area (Å²) in [5.41, 5.74) is 2.04. The van der Waals surface area contributed by atoms with Crippen LogP contribution in [0.4, 0.5) is 0 Å². The monoisotopic (exact) mass is 439 g/mol. The molecule has 0 radical (unpaired) electrons. The van der Waals surface area contributed by atoms with Crippen molar-refractivity contribution in [3.63, 3.8) is 0 Å². The second kappa shape index (κ2) is 9.43. The van der Waals surface area contributed by atoms with E-state index in [2.05, 4.69) is 22.3 Å². The molecule has 4 rings (SSSR count). The standard InChI is InChI=1S/C23H25N3O4S/c27-22(26-13-11-19(12-14-26)15-18-7-3-1-4-8-18)17-31(28,29)16-21-24-23(25-30-21)20-9-5-2-6-10-20/h1-10,19H,11-17H2. The highest BCUT2D eigenvalue weighted by Crippen LogP contribution is 2.22.